The second-order valence-corrected chi connectivity index (χ2v) is 0.718. The molecule has 0 spiro atoms. The number of nitriles is 1. The van der Waals surface area contributed by atoms with Crippen LogP contribution in [0.5, 0.6) is 0 Å². The molecule has 0 heterocycles. The van der Waals surface area contributed by atoms with Crippen molar-refractivity contribution in [3.8, 4) is 6.07 Å². The average Bonchev–Trinajstić information content (AvgIpc) is 1.27. The van der Waals surface area contributed by atoms with E-state index in [0.29, 0.717) is 0 Å². The van der Waals surface area contributed by atoms with Gasteiger partial charge >= 0.3 is 8.68 Å². The normalized spacial score (nSPS) is 6.80. The number of rotatable bonds is 0. The Morgan fingerprint density at radius 2 is 1.30 bits per heavy atom. The van der Waals surface area contributed by atoms with Gasteiger partial charge in [0.1, 0.15) is 0 Å². The zero-order valence-electron chi connectivity index (χ0n) is 6.06. The summed E-state index contributed by atoms with van der Waals surface area (Å²) in [5, 5.41) is 7.32. The third-order valence-electron chi connectivity index (χ3n) is 0. The summed E-state index contributed by atoms with van der Waals surface area (Å²) < 4.78 is 39.0. The molecule has 1 nitrogen and oxygen atoms in total. The predicted octanol–water partition coefficient (Wildman–Crippen LogP) is 2.00. The molecule has 0 aromatic heterocycles. The molecule has 0 N–H and O–H groups in total. The van der Waals surface area contributed by atoms with E-state index >= 15 is 0 Å². The van der Waals surface area contributed by atoms with Gasteiger partial charge in [-0.05, 0) is 0 Å². The minimum atomic E-state index is -6.00. The van der Waals surface area contributed by atoms with Gasteiger partial charge in [-0.2, -0.15) is 15.2 Å². The molecule has 8 heteroatoms. The Balaban J connectivity index is -0.0000000183. The second kappa shape index (κ2) is 12.1. The summed E-state index contributed by atoms with van der Waals surface area (Å²) in [5.74, 6) is 0. The molecular weight excluding hydrogens is 262 g/mol. The molecule has 0 amide bonds. The van der Waals surface area contributed by atoms with Crippen LogP contribution in [-0.2, 0) is 20.4 Å². The largest absolute Gasteiger partial charge is 1.00 e. The predicted molar refractivity (Wildman–Crippen MR) is 33.7 cm³/mol. The zero-order chi connectivity index (χ0) is 7.21. The fraction of sp³-hybridized carbons (Fsp3) is 0.500. The van der Waals surface area contributed by atoms with Gasteiger partial charge < -0.3 is 17.3 Å². The number of nitrogens with zero attached hydrogens (tertiary/aromatic N) is 1. The molecule has 0 saturated heterocycles. The molecule has 0 bridgehead atoms. The average molecular weight is 269 g/mol. The van der Waals surface area contributed by atoms with Crippen molar-refractivity contribution >= 4 is 17.2 Å². The number of hydrogen-bond donors (Lipinski definition) is 0. The molecule has 0 aliphatic heterocycles. The van der Waals surface area contributed by atoms with Crippen molar-refractivity contribution in [1.29, 1.82) is 5.26 Å². The van der Waals surface area contributed by atoms with Gasteiger partial charge in [0.2, 0.25) is 0 Å². The van der Waals surface area contributed by atoms with Crippen molar-refractivity contribution in [1.82, 2.24) is 0 Å². The van der Waals surface area contributed by atoms with E-state index in [0.717, 1.165) is 0 Å². The molecule has 0 aromatic carbocycles. The van der Waals surface area contributed by atoms with Crippen LogP contribution in [0.3, 0.4) is 0 Å². The summed E-state index contributed by atoms with van der Waals surface area (Å²) in [7, 11) is -6.00. The second-order valence-electron chi connectivity index (χ2n) is 0.718. The van der Waals surface area contributed by atoms with E-state index in [1.165, 1.54) is 6.92 Å². The fourth-order valence-corrected chi connectivity index (χ4v) is 0. The Kier molecular flexibility index (Phi) is 27.1. The van der Waals surface area contributed by atoms with E-state index in [2.05, 4.69) is 0 Å². The topological polar surface area (TPSA) is 23.8 Å². The van der Waals surface area contributed by atoms with Crippen LogP contribution in [0.4, 0.5) is 17.3 Å². The van der Waals surface area contributed by atoms with Gasteiger partial charge in [-0.25, -0.2) is 0 Å². The van der Waals surface area contributed by atoms with Crippen LogP contribution in [0.2, 0.25) is 0 Å². The van der Waals surface area contributed by atoms with E-state index in [-0.39, 0.29) is 31.7 Å². The minimum Gasteiger partial charge on any atom is -0.418 e. The quantitative estimate of drug-likeness (QED) is 0.375. The monoisotopic (exact) mass is 269 g/mol. The van der Waals surface area contributed by atoms with Gasteiger partial charge in [-0.3, -0.25) is 0 Å². The Morgan fingerprint density at radius 3 is 1.30 bits per heavy atom. The first kappa shape index (κ1) is 22.4. The van der Waals surface area contributed by atoms with Gasteiger partial charge in [-0.15, -0.1) is 0 Å². The Hall–Kier alpha value is 0.367. The van der Waals surface area contributed by atoms with E-state index in [4.69, 9.17) is 5.26 Å². The SMILES string of the molecule is CC#N.F[B-](F)(F)F.P.[H+].[Pd]. The standard InChI is InChI=1S/C2H3N.BF4.H3P.Pd/c1-2-3;2-1(3,4)5;;/h1H3;;1H3;/q;-1;;/p+1. The maximum atomic E-state index is 9.75. The van der Waals surface area contributed by atoms with Gasteiger partial charge in [-0.1, -0.05) is 0 Å². The summed E-state index contributed by atoms with van der Waals surface area (Å²) >= 11 is 0. The summed E-state index contributed by atoms with van der Waals surface area (Å²) in [6, 6.07) is 1.75. The number of hydrogen-bond acceptors (Lipinski definition) is 1. The van der Waals surface area contributed by atoms with Crippen LogP contribution >= 0.6 is 9.90 Å². The molecule has 0 aromatic rings. The fourth-order valence-electron chi connectivity index (χ4n) is 0. The third kappa shape index (κ3) is 3370. The van der Waals surface area contributed by atoms with Crippen molar-refractivity contribution in [2.24, 2.45) is 0 Å². The van der Waals surface area contributed by atoms with Gasteiger partial charge in [0.15, 0.2) is 0 Å². The van der Waals surface area contributed by atoms with E-state index < -0.39 is 7.25 Å². The summed E-state index contributed by atoms with van der Waals surface area (Å²) in [6.45, 7) is 1.43. The maximum absolute atomic E-state index is 9.75. The Labute approximate surface area is 75.0 Å². The van der Waals surface area contributed by atoms with Crippen molar-refractivity contribution < 1.29 is 39.1 Å². The summed E-state index contributed by atoms with van der Waals surface area (Å²) in [5.41, 5.74) is 0. The van der Waals surface area contributed by atoms with Crippen LogP contribution in [0.25, 0.3) is 0 Å². The van der Waals surface area contributed by atoms with Crippen LogP contribution < -0.4 is 0 Å². The van der Waals surface area contributed by atoms with Crippen molar-refractivity contribution in [2.45, 2.75) is 6.92 Å². The van der Waals surface area contributed by atoms with Crippen LogP contribution in [0.15, 0.2) is 0 Å². The van der Waals surface area contributed by atoms with Crippen LogP contribution in [0.1, 0.15) is 8.35 Å². The molecule has 10 heavy (non-hydrogen) atoms. The molecule has 0 aliphatic rings. The van der Waals surface area contributed by atoms with Crippen molar-refractivity contribution in [3.63, 3.8) is 0 Å². The van der Waals surface area contributed by atoms with Crippen molar-refractivity contribution in [3.05, 3.63) is 0 Å². The summed E-state index contributed by atoms with van der Waals surface area (Å²) in [4.78, 5) is 0. The molecule has 1 unspecified atom stereocenters. The van der Waals surface area contributed by atoms with Crippen molar-refractivity contribution in [2.75, 3.05) is 0 Å². The molecule has 0 rings (SSSR count). The molecular formula is C2H7BF4NPPd. The van der Waals surface area contributed by atoms with Gasteiger partial charge in [0, 0.05) is 27.3 Å². The zero-order valence-corrected chi connectivity index (χ0v) is 8.03. The number of halogens is 4. The molecule has 0 fully saturated rings. The van der Waals surface area contributed by atoms with Crippen LogP contribution in [-0.4, -0.2) is 7.25 Å². The molecule has 0 radical (unpaired) electrons. The minimum absolute atomic E-state index is 0. The molecule has 0 saturated carbocycles. The van der Waals surface area contributed by atoms with E-state index in [1.54, 1.807) is 6.07 Å². The molecule has 1 atom stereocenters. The Bertz CT molecular complexity index is 89.1. The Morgan fingerprint density at radius 1 is 1.30 bits per heavy atom. The van der Waals surface area contributed by atoms with Gasteiger partial charge in [0.05, 0.1) is 6.07 Å². The van der Waals surface area contributed by atoms with Gasteiger partial charge in [0.25, 0.3) is 0 Å². The van der Waals surface area contributed by atoms with E-state index in [9.17, 15) is 17.3 Å². The first-order valence-electron chi connectivity index (χ1n) is 1.60. The first-order valence-corrected chi connectivity index (χ1v) is 1.60. The smallest absolute Gasteiger partial charge is 0.418 e. The molecule has 0 aliphatic carbocycles. The van der Waals surface area contributed by atoms with E-state index in [1.807, 2.05) is 0 Å². The summed E-state index contributed by atoms with van der Waals surface area (Å²) in [6.07, 6.45) is 0. The van der Waals surface area contributed by atoms with Crippen LogP contribution in [0, 0.1) is 11.3 Å². The third-order valence-corrected chi connectivity index (χ3v) is 0. The maximum Gasteiger partial charge on any atom is 1.00 e. The first-order chi connectivity index (χ1) is 3.41. The molecule has 66 valence electrons.